The first-order valence-corrected chi connectivity index (χ1v) is 6.97. The average Bonchev–Trinajstić information content (AvgIpc) is 2.54. The van der Waals surface area contributed by atoms with Crippen molar-refractivity contribution in [1.82, 2.24) is 15.6 Å². The van der Waals surface area contributed by atoms with Crippen molar-refractivity contribution in [2.45, 2.75) is 12.6 Å². The summed E-state index contributed by atoms with van der Waals surface area (Å²) in [6.45, 7) is -0.0613. The van der Waals surface area contributed by atoms with Crippen molar-refractivity contribution in [2.24, 2.45) is 0 Å². The quantitative estimate of drug-likeness (QED) is 0.791. The molecule has 116 valence electrons. The van der Waals surface area contributed by atoms with E-state index in [-0.39, 0.29) is 11.6 Å². The number of benzene rings is 1. The molecule has 0 aliphatic carbocycles. The molecule has 7 heteroatoms. The van der Waals surface area contributed by atoms with Crippen molar-refractivity contribution < 1.29 is 14.3 Å². The normalized spacial score (nSPS) is 11.8. The van der Waals surface area contributed by atoms with Gasteiger partial charge in [-0.05, 0) is 29.3 Å². The summed E-state index contributed by atoms with van der Waals surface area (Å²) < 4.78 is 13.4. The zero-order valence-electron chi connectivity index (χ0n) is 11.6. The molecule has 2 amide bonds. The molecule has 0 spiro atoms. The highest BCUT2D eigenvalue weighted by Gasteiger charge is 2.15. The Balaban J connectivity index is 1.94. The lowest BCUT2D eigenvalue weighted by Crippen LogP contribution is -2.38. The number of rotatable bonds is 5. The predicted molar refractivity (Wildman–Crippen MR) is 80.8 cm³/mol. The smallest absolute Gasteiger partial charge is 0.315 e. The van der Waals surface area contributed by atoms with E-state index in [0.717, 1.165) is 5.56 Å². The molecule has 1 aromatic heterocycles. The number of halogens is 2. The third kappa shape index (κ3) is 4.41. The molecule has 22 heavy (non-hydrogen) atoms. The second-order valence-electron chi connectivity index (χ2n) is 4.60. The lowest BCUT2D eigenvalue weighted by Gasteiger charge is -2.17. The molecule has 0 fully saturated rings. The first-order chi connectivity index (χ1) is 10.6. The lowest BCUT2D eigenvalue weighted by molar-refractivity contribution is 0.216. The number of nitrogens with one attached hydrogen (secondary N) is 2. The second-order valence-corrected chi connectivity index (χ2v) is 5.00. The number of aliphatic hydroxyl groups is 1. The summed E-state index contributed by atoms with van der Waals surface area (Å²) in [6, 6.07) is 6.51. The number of urea groups is 1. The number of hydrogen-bond acceptors (Lipinski definition) is 3. The maximum absolute atomic E-state index is 13.4. The molecule has 0 aliphatic heterocycles. The SMILES string of the molecule is O=C(NCc1cccnc1)NC(CO)c1ccc(Cl)c(F)c1. The number of amides is 2. The van der Waals surface area contributed by atoms with Gasteiger partial charge in [0.05, 0.1) is 17.7 Å². The van der Waals surface area contributed by atoms with Crippen LogP contribution in [0.3, 0.4) is 0 Å². The van der Waals surface area contributed by atoms with E-state index in [0.29, 0.717) is 12.1 Å². The Labute approximate surface area is 132 Å². The standard InChI is InChI=1S/C15H15ClFN3O2/c16-12-4-3-11(6-13(12)17)14(9-21)20-15(22)19-8-10-2-1-5-18-7-10/h1-7,14,21H,8-9H2,(H2,19,20,22). The first kappa shape index (κ1) is 16.2. The van der Waals surface area contributed by atoms with Crippen LogP contribution < -0.4 is 10.6 Å². The van der Waals surface area contributed by atoms with Gasteiger partial charge < -0.3 is 15.7 Å². The van der Waals surface area contributed by atoms with Gasteiger partial charge in [-0.2, -0.15) is 0 Å². The Hall–Kier alpha value is -2.18. The van der Waals surface area contributed by atoms with Gasteiger partial charge in [-0.1, -0.05) is 23.7 Å². The minimum absolute atomic E-state index is 0.0125. The Morgan fingerprint density at radius 1 is 1.41 bits per heavy atom. The third-order valence-corrected chi connectivity index (χ3v) is 3.32. The van der Waals surface area contributed by atoms with Crippen LogP contribution in [-0.4, -0.2) is 22.7 Å². The number of carbonyl (C=O) groups is 1. The van der Waals surface area contributed by atoms with Gasteiger partial charge in [-0.3, -0.25) is 4.98 Å². The van der Waals surface area contributed by atoms with Gasteiger partial charge in [-0.25, -0.2) is 9.18 Å². The van der Waals surface area contributed by atoms with Crippen molar-refractivity contribution >= 4 is 17.6 Å². The predicted octanol–water partition coefficient (Wildman–Crippen LogP) is 2.41. The van der Waals surface area contributed by atoms with Crippen LogP contribution in [0.4, 0.5) is 9.18 Å². The Kier molecular flexibility index (Phi) is 5.68. The fourth-order valence-electron chi connectivity index (χ4n) is 1.86. The molecule has 1 aromatic carbocycles. The monoisotopic (exact) mass is 323 g/mol. The topological polar surface area (TPSA) is 74.2 Å². The maximum Gasteiger partial charge on any atom is 0.315 e. The summed E-state index contributed by atoms with van der Waals surface area (Å²) >= 11 is 5.61. The summed E-state index contributed by atoms with van der Waals surface area (Å²) in [5, 5.41) is 14.6. The van der Waals surface area contributed by atoms with E-state index in [2.05, 4.69) is 15.6 Å². The van der Waals surface area contributed by atoms with Gasteiger partial charge in [-0.15, -0.1) is 0 Å². The van der Waals surface area contributed by atoms with E-state index in [1.807, 2.05) is 6.07 Å². The van der Waals surface area contributed by atoms with Crippen LogP contribution in [0.25, 0.3) is 0 Å². The van der Waals surface area contributed by atoms with Crippen molar-refractivity contribution in [3.8, 4) is 0 Å². The van der Waals surface area contributed by atoms with Crippen LogP contribution in [0.15, 0.2) is 42.7 Å². The fourth-order valence-corrected chi connectivity index (χ4v) is 1.98. The molecule has 1 unspecified atom stereocenters. The van der Waals surface area contributed by atoms with Gasteiger partial charge in [0.25, 0.3) is 0 Å². The van der Waals surface area contributed by atoms with Gasteiger partial charge >= 0.3 is 6.03 Å². The third-order valence-electron chi connectivity index (χ3n) is 3.01. The Bertz CT molecular complexity index is 640. The largest absolute Gasteiger partial charge is 0.394 e. The van der Waals surface area contributed by atoms with Crippen LogP contribution >= 0.6 is 11.6 Å². The van der Waals surface area contributed by atoms with Crippen molar-refractivity contribution in [2.75, 3.05) is 6.61 Å². The molecule has 0 saturated heterocycles. The van der Waals surface area contributed by atoms with E-state index in [1.54, 1.807) is 24.5 Å². The maximum atomic E-state index is 13.4. The fraction of sp³-hybridized carbons (Fsp3) is 0.200. The van der Waals surface area contributed by atoms with Gasteiger partial charge in [0, 0.05) is 18.9 Å². The number of hydrogen-bond donors (Lipinski definition) is 3. The van der Waals surface area contributed by atoms with Crippen LogP contribution in [0.5, 0.6) is 0 Å². The Morgan fingerprint density at radius 3 is 2.86 bits per heavy atom. The van der Waals surface area contributed by atoms with E-state index in [1.165, 1.54) is 12.1 Å². The zero-order chi connectivity index (χ0) is 15.9. The zero-order valence-corrected chi connectivity index (χ0v) is 12.3. The minimum atomic E-state index is -0.722. The molecule has 0 bridgehead atoms. The number of nitrogens with zero attached hydrogens (tertiary/aromatic N) is 1. The summed E-state index contributed by atoms with van der Waals surface area (Å²) in [6.07, 6.45) is 3.28. The van der Waals surface area contributed by atoms with Crippen molar-refractivity contribution in [3.05, 3.63) is 64.7 Å². The highest BCUT2D eigenvalue weighted by Crippen LogP contribution is 2.20. The molecule has 1 heterocycles. The summed E-state index contributed by atoms with van der Waals surface area (Å²) in [5.74, 6) is -0.602. The van der Waals surface area contributed by atoms with E-state index < -0.39 is 17.9 Å². The number of aromatic nitrogens is 1. The van der Waals surface area contributed by atoms with Crippen LogP contribution in [0, 0.1) is 5.82 Å². The number of aliphatic hydroxyl groups excluding tert-OH is 1. The molecular weight excluding hydrogens is 309 g/mol. The second kappa shape index (κ2) is 7.72. The highest BCUT2D eigenvalue weighted by molar-refractivity contribution is 6.30. The van der Waals surface area contributed by atoms with E-state index in [4.69, 9.17) is 11.6 Å². The molecule has 2 rings (SSSR count). The lowest BCUT2D eigenvalue weighted by atomic mass is 10.1. The molecule has 0 saturated carbocycles. The first-order valence-electron chi connectivity index (χ1n) is 6.59. The van der Waals surface area contributed by atoms with Crippen LogP contribution in [0.2, 0.25) is 5.02 Å². The highest BCUT2D eigenvalue weighted by atomic mass is 35.5. The minimum Gasteiger partial charge on any atom is -0.394 e. The van der Waals surface area contributed by atoms with E-state index >= 15 is 0 Å². The molecule has 5 nitrogen and oxygen atoms in total. The van der Waals surface area contributed by atoms with E-state index in [9.17, 15) is 14.3 Å². The molecule has 3 N–H and O–H groups in total. The van der Waals surface area contributed by atoms with Crippen LogP contribution in [-0.2, 0) is 6.54 Å². The number of pyridine rings is 1. The van der Waals surface area contributed by atoms with Gasteiger partial charge in [0.15, 0.2) is 0 Å². The molecule has 0 radical (unpaired) electrons. The van der Waals surface area contributed by atoms with Crippen molar-refractivity contribution in [1.29, 1.82) is 0 Å². The van der Waals surface area contributed by atoms with Crippen LogP contribution in [0.1, 0.15) is 17.2 Å². The Morgan fingerprint density at radius 2 is 2.23 bits per heavy atom. The summed E-state index contributed by atoms with van der Waals surface area (Å²) in [5.41, 5.74) is 1.27. The molecule has 2 aromatic rings. The number of carbonyl (C=O) groups excluding carboxylic acids is 1. The van der Waals surface area contributed by atoms with Gasteiger partial charge in [0.2, 0.25) is 0 Å². The van der Waals surface area contributed by atoms with Gasteiger partial charge in [0.1, 0.15) is 5.82 Å². The molecular formula is C15H15ClFN3O2. The summed E-state index contributed by atoms with van der Waals surface area (Å²) in [4.78, 5) is 15.8. The van der Waals surface area contributed by atoms with Crippen molar-refractivity contribution in [3.63, 3.8) is 0 Å². The molecule has 1 atom stereocenters. The molecule has 0 aliphatic rings. The average molecular weight is 324 g/mol. The summed E-state index contributed by atoms with van der Waals surface area (Å²) in [7, 11) is 0.